The minimum Gasteiger partial charge on any atom is -0.389 e. The van der Waals surface area contributed by atoms with Crippen molar-refractivity contribution in [1.29, 1.82) is 0 Å². The van der Waals surface area contributed by atoms with E-state index in [4.69, 9.17) is 16.4 Å². The molecular formula is C9H10ClNO. The van der Waals surface area contributed by atoms with E-state index in [0.29, 0.717) is 5.02 Å². The van der Waals surface area contributed by atoms with Crippen LogP contribution in [-0.2, 0) is 4.84 Å². The Balaban J connectivity index is 2.80. The van der Waals surface area contributed by atoms with Crippen molar-refractivity contribution in [3.05, 3.63) is 34.9 Å². The minimum absolute atomic E-state index is 0.0961. The third kappa shape index (κ3) is 2.24. The van der Waals surface area contributed by atoms with Gasteiger partial charge < -0.3 is 4.84 Å². The lowest BCUT2D eigenvalue weighted by atomic mass is 10.1. The zero-order chi connectivity index (χ0) is 8.97. The number of halogens is 1. The van der Waals surface area contributed by atoms with Crippen LogP contribution in [0.5, 0.6) is 0 Å². The maximum Gasteiger partial charge on any atom is 0.149 e. The molecule has 3 heteroatoms. The lowest BCUT2D eigenvalue weighted by molar-refractivity contribution is 0.0745. The zero-order valence-electron chi connectivity index (χ0n) is 6.83. The van der Waals surface area contributed by atoms with Crippen LogP contribution in [0.2, 0.25) is 5.02 Å². The summed E-state index contributed by atoms with van der Waals surface area (Å²) in [5.41, 5.74) is 0.995. The Morgan fingerprint density at radius 2 is 2.33 bits per heavy atom. The summed E-state index contributed by atoms with van der Waals surface area (Å²) in [6.45, 7) is 5.13. The molecule has 0 aliphatic carbocycles. The van der Waals surface area contributed by atoms with E-state index in [-0.39, 0.29) is 6.10 Å². The first-order valence-electron chi connectivity index (χ1n) is 3.61. The Bertz CT molecular complexity index is 275. The lowest BCUT2D eigenvalue weighted by Crippen LogP contribution is -1.93. The molecule has 0 fully saturated rings. The van der Waals surface area contributed by atoms with Crippen molar-refractivity contribution in [3.8, 4) is 0 Å². The largest absolute Gasteiger partial charge is 0.389 e. The first-order valence-corrected chi connectivity index (χ1v) is 3.99. The fourth-order valence-electron chi connectivity index (χ4n) is 0.932. The highest BCUT2D eigenvalue weighted by Gasteiger charge is 2.04. The average molecular weight is 184 g/mol. The van der Waals surface area contributed by atoms with Crippen molar-refractivity contribution >= 4 is 18.3 Å². The summed E-state index contributed by atoms with van der Waals surface area (Å²) in [5, 5.41) is 4.05. The van der Waals surface area contributed by atoms with E-state index in [2.05, 4.69) is 11.9 Å². The number of hydrogen-bond acceptors (Lipinski definition) is 2. The second-order valence-corrected chi connectivity index (χ2v) is 2.87. The number of oxime groups is 1. The van der Waals surface area contributed by atoms with E-state index in [1.807, 2.05) is 31.2 Å². The van der Waals surface area contributed by atoms with Crippen LogP contribution >= 0.6 is 11.6 Å². The first-order chi connectivity index (χ1) is 5.74. The summed E-state index contributed by atoms with van der Waals surface area (Å²) >= 11 is 5.79. The second kappa shape index (κ2) is 4.12. The lowest BCUT2D eigenvalue weighted by Gasteiger charge is -2.08. The molecule has 12 heavy (non-hydrogen) atoms. The van der Waals surface area contributed by atoms with Gasteiger partial charge in [-0.1, -0.05) is 23.7 Å². The maximum absolute atomic E-state index is 5.79. The summed E-state index contributed by atoms with van der Waals surface area (Å²) in [4.78, 5) is 4.94. The van der Waals surface area contributed by atoms with Crippen LogP contribution in [-0.4, -0.2) is 6.72 Å². The molecule has 1 atom stereocenters. The molecule has 0 saturated carbocycles. The SMILES string of the molecule is C=NOC(C)c1cccc(Cl)c1. The van der Waals surface area contributed by atoms with Crippen LogP contribution in [0, 0.1) is 0 Å². The molecule has 1 aromatic carbocycles. The molecule has 64 valence electrons. The van der Waals surface area contributed by atoms with Crippen LogP contribution in [0.1, 0.15) is 18.6 Å². The quantitative estimate of drug-likeness (QED) is 0.522. The molecule has 1 rings (SSSR count). The molecule has 0 aliphatic heterocycles. The van der Waals surface area contributed by atoms with Crippen LogP contribution in [0.3, 0.4) is 0 Å². The minimum atomic E-state index is -0.0961. The number of nitrogens with zero attached hydrogens (tertiary/aromatic N) is 1. The highest BCUT2D eigenvalue weighted by Crippen LogP contribution is 2.19. The van der Waals surface area contributed by atoms with Gasteiger partial charge >= 0.3 is 0 Å². The van der Waals surface area contributed by atoms with Crippen molar-refractivity contribution < 1.29 is 4.84 Å². The summed E-state index contributed by atoms with van der Waals surface area (Å²) in [6, 6.07) is 7.47. The predicted molar refractivity (Wildman–Crippen MR) is 50.5 cm³/mol. The summed E-state index contributed by atoms with van der Waals surface area (Å²) < 4.78 is 0. The Hall–Kier alpha value is -1.02. The van der Waals surface area contributed by atoms with Crippen molar-refractivity contribution in [3.63, 3.8) is 0 Å². The van der Waals surface area contributed by atoms with Crippen molar-refractivity contribution in [2.75, 3.05) is 0 Å². The van der Waals surface area contributed by atoms with Gasteiger partial charge in [0.1, 0.15) is 6.10 Å². The van der Waals surface area contributed by atoms with E-state index >= 15 is 0 Å². The standard InChI is InChI=1S/C9H10ClNO/c1-7(12-11-2)8-4-3-5-9(10)6-8/h3-7H,2H2,1H3. The van der Waals surface area contributed by atoms with Crippen molar-refractivity contribution in [2.45, 2.75) is 13.0 Å². The molecule has 0 bridgehead atoms. The third-order valence-electron chi connectivity index (χ3n) is 1.55. The van der Waals surface area contributed by atoms with Gasteiger partial charge in [0.05, 0.1) is 0 Å². The van der Waals surface area contributed by atoms with Gasteiger partial charge in [-0.05, 0) is 24.6 Å². The Kier molecular flexibility index (Phi) is 3.11. The van der Waals surface area contributed by atoms with E-state index < -0.39 is 0 Å². The Morgan fingerprint density at radius 3 is 2.92 bits per heavy atom. The molecule has 0 heterocycles. The van der Waals surface area contributed by atoms with Gasteiger partial charge in [0, 0.05) is 11.7 Å². The smallest absolute Gasteiger partial charge is 0.149 e. The number of rotatable bonds is 3. The highest BCUT2D eigenvalue weighted by atomic mass is 35.5. The van der Waals surface area contributed by atoms with E-state index in [1.165, 1.54) is 0 Å². The van der Waals surface area contributed by atoms with E-state index in [9.17, 15) is 0 Å². The van der Waals surface area contributed by atoms with Gasteiger partial charge in [-0.25, -0.2) is 0 Å². The molecule has 0 aromatic heterocycles. The van der Waals surface area contributed by atoms with E-state index in [0.717, 1.165) is 5.56 Å². The van der Waals surface area contributed by atoms with Gasteiger partial charge in [-0.2, -0.15) is 0 Å². The van der Waals surface area contributed by atoms with Crippen LogP contribution in [0.4, 0.5) is 0 Å². The van der Waals surface area contributed by atoms with Gasteiger partial charge in [0.15, 0.2) is 0 Å². The van der Waals surface area contributed by atoms with Gasteiger partial charge in [-0.3, -0.25) is 0 Å². The monoisotopic (exact) mass is 183 g/mol. The van der Waals surface area contributed by atoms with Gasteiger partial charge in [0.25, 0.3) is 0 Å². The Morgan fingerprint density at radius 1 is 1.58 bits per heavy atom. The topological polar surface area (TPSA) is 21.6 Å². The molecule has 0 amide bonds. The second-order valence-electron chi connectivity index (χ2n) is 2.43. The highest BCUT2D eigenvalue weighted by molar-refractivity contribution is 6.30. The maximum atomic E-state index is 5.79. The fraction of sp³-hybridized carbons (Fsp3) is 0.222. The molecule has 0 spiro atoms. The normalized spacial score (nSPS) is 12.2. The van der Waals surface area contributed by atoms with Crippen LogP contribution in [0.25, 0.3) is 0 Å². The average Bonchev–Trinajstić information content (AvgIpc) is 2.05. The number of benzene rings is 1. The molecule has 2 nitrogen and oxygen atoms in total. The van der Waals surface area contributed by atoms with Crippen LogP contribution < -0.4 is 0 Å². The molecule has 0 aliphatic rings. The fourth-order valence-corrected chi connectivity index (χ4v) is 1.13. The van der Waals surface area contributed by atoms with Gasteiger partial charge in [-0.15, -0.1) is 5.16 Å². The third-order valence-corrected chi connectivity index (χ3v) is 1.79. The van der Waals surface area contributed by atoms with Gasteiger partial charge in [0.2, 0.25) is 0 Å². The molecule has 0 radical (unpaired) electrons. The first kappa shape index (κ1) is 9.07. The van der Waals surface area contributed by atoms with E-state index in [1.54, 1.807) is 0 Å². The molecule has 1 unspecified atom stereocenters. The molecule has 0 N–H and O–H groups in total. The summed E-state index contributed by atoms with van der Waals surface area (Å²) in [5.74, 6) is 0. The molecular weight excluding hydrogens is 174 g/mol. The Labute approximate surface area is 76.8 Å². The zero-order valence-corrected chi connectivity index (χ0v) is 7.58. The van der Waals surface area contributed by atoms with Crippen molar-refractivity contribution in [1.82, 2.24) is 0 Å². The molecule has 1 aromatic rings. The molecule has 0 saturated heterocycles. The number of hydrogen-bond donors (Lipinski definition) is 0. The van der Waals surface area contributed by atoms with Crippen molar-refractivity contribution in [2.24, 2.45) is 5.16 Å². The summed E-state index contributed by atoms with van der Waals surface area (Å²) in [6.07, 6.45) is -0.0961. The van der Waals surface area contributed by atoms with Crippen LogP contribution in [0.15, 0.2) is 29.4 Å². The predicted octanol–water partition coefficient (Wildman–Crippen LogP) is 3.03. The summed E-state index contributed by atoms with van der Waals surface area (Å²) in [7, 11) is 0.